The number of carbonyl (C=O) groups is 3. The predicted octanol–water partition coefficient (Wildman–Crippen LogP) is 2.31. The monoisotopic (exact) mass is 494 g/mol. The normalized spacial score (nSPS) is 13.8. The molecule has 3 rings (SSSR count). The van der Waals surface area contributed by atoms with E-state index >= 15 is 0 Å². The SMILES string of the molecule is COC(=O)c1cc(C(=O)OC)cc(S(=O)(=O)Nc2ccc(N3CCSCC3)c(C(=O)O)c2)c1. The maximum Gasteiger partial charge on any atom is 0.337 e. The van der Waals surface area contributed by atoms with Crippen molar-refractivity contribution >= 4 is 51.1 Å². The first-order valence-corrected chi connectivity index (χ1v) is 12.3. The number of carbonyl (C=O) groups excluding carboxylic acids is 2. The molecule has 0 saturated carbocycles. The van der Waals surface area contributed by atoms with Gasteiger partial charge in [-0.05, 0) is 36.4 Å². The number of benzene rings is 2. The molecule has 2 N–H and O–H groups in total. The van der Waals surface area contributed by atoms with Crippen LogP contribution in [0.1, 0.15) is 31.1 Å². The second-order valence-electron chi connectivity index (χ2n) is 6.97. The van der Waals surface area contributed by atoms with E-state index in [1.165, 1.54) is 12.1 Å². The summed E-state index contributed by atoms with van der Waals surface area (Å²) in [5.41, 5.74) is 0.160. The number of hydrogen-bond acceptors (Lipinski definition) is 9. The quantitative estimate of drug-likeness (QED) is 0.551. The number of ether oxygens (including phenoxy) is 2. The van der Waals surface area contributed by atoms with E-state index < -0.39 is 27.9 Å². The van der Waals surface area contributed by atoms with Crippen LogP contribution in [-0.2, 0) is 19.5 Å². The Kier molecular flexibility index (Phi) is 7.49. The van der Waals surface area contributed by atoms with E-state index in [1.54, 1.807) is 17.8 Å². The first-order valence-electron chi connectivity index (χ1n) is 9.71. The highest BCUT2D eigenvalue weighted by atomic mass is 32.2. The van der Waals surface area contributed by atoms with Gasteiger partial charge < -0.3 is 19.5 Å². The Balaban J connectivity index is 1.99. The number of nitrogens with one attached hydrogen (secondary N) is 1. The lowest BCUT2D eigenvalue weighted by Gasteiger charge is -2.29. The van der Waals surface area contributed by atoms with Crippen molar-refractivity contribution in [3.8, 4) is 0 Å². The molecule has 1 saturated heterocycles. The number of thioether (sulfide) groups is 1. The number of nitrogens with zero attached hydrogens (tertiary/aromatic N) is 1. The Hall–Kier alpha value is -3.25. The molecule has 0 bridgehead atoms. The molecule has 1 aliphatic rings. The zero-order valence-corrected chi connectivity index (χ0v) is 19.5. The van der Waals surface area contributed by atoms with Crippen LogP contribution < -0.4 is 9.62 Å². The lowest BCUT2D eigenvalue weighted by Crippen LogP contribution is -2.33. The van der Waals surface area contributed by atoms with Crippen molar-refractivity contribution in [1.82, 2.24) is 0 Å². The number of methoxy groups -OCH3 is 2. The Morgan fingerprint density at radius 3 is 2.06 bits per heavy atom. The average Bonchev–Trinajstić information content (AvgIpc) is 2.82. The number of aromatic carboxylic acids is 1. The molecule has 0 aromatic heterocycles. The number of rotatable bonds is 7. The smallest absolute Gasteiger partial charge is 0.337 e. The Labute approximate surface area is 194 Å². The summed E-state index contributed by atoms with van der Waals surface area (Å²) in [6, 6.07) is 7.53. The topological polar surface area (TPSA) is 139 Å². The van der Waals surface area contributed by atoms with Crippen molar-refractivity contribution in [3.05, 3.63) is 53.1 Å². The van der Waals surface area contributed by atoms with Crippen molar-refractivity contribution in [2.24, 2.45) is 0 Å². The summed E-state index contributed by atoms with van der Waals surface area (Å²) < 4.78 is 37.6. The number of anilines is 2. The molecule has 0 amide bonds. The van der Waals surface area contributed by atoms with Gasteiger partial charge in [-0.3, -0.25) is 4.72 Å². The van der Waals surface area contributed by atoms with Gasteiger partial charge in [0.15, 0.2) is 0 Å². The molecule has 1 heterocycles. The van der Waals surface area contributed by atoms with Crippen LogP contribution in [0, 0.1) is 0 Å². The van der Waals surface area contributed by atoms with Gasteiger partial charge in [0, 0.05) is 30.3 Å². The zero-order valence-electron chi connectivity index (χ0n) is 17.9. The standard InChI is InChI=1S/C21H22N2O8S2/c1-30-20(26)13-9-14(21(27)31-2)11-16(10-13)33(28,29)22-15-3-4-18(17(12-15)19(24)25)23-5-7-32-8-6-23/h3-4,9-12,22H,5-8H2,1-2H3,(H,24,25). The van der Waals surface area contributed by atoms with Gasteiger partial charge in [-0.2, -0.15) is 11.8 Å². The summed E-state index contributed by atoms with van der Waals surface area (Å²) in [5.74, 6) is -1.13. The van der Waals surface area contributed by atoms with Gasteiger partial charge in [-0.15, -0.1) is 0 Å². The molecule has 0 atom stereocenters. The molecule has 176 valence electrons. The summed E-state index contributed by atoms with van der Waals surface area (Å²) >= 11 is 1.78. The van der Waals surface area contributed by atoms with E-state index in [4.69, 9.17) is 0 Å². The van der Waals surface area contributed by atoms with Crippen LogP contribution in [0.2, 0.25) is 0 Å². The largest absolute Gasteiger partial charge is 0.478 e. The fraction of sp³-hybridized carbons (Fsp3) is 0.286. The van der Waals surface area contributed by atoms with Crippen molar-refractivity contribution < 1.29 is 37.4 Å². The molecule has 0 unspecified atom stereocenters. The minimum absolute atomic E-state index is 0.0191. The molecule has 1 aliphatic heterocycles. The van der Waals surface area contributed by atoms with Crippen LogP contribution in [0.4, 0.5) is 11.4 Å². The molecule has 0 spiro atoms. The molecular formula is C21H22N2O8S2. The number of carboxylic acids is 1. The zero-order chi connectivity index (χ0) is 24.2. The van der Waals surface area contributed by atoms with Gasteiger partial charge in [0.05, 0.1) is 41.5 Å². The second kappa shape index (κ2) is 10.1. The van der Waals surface area contributed by atoms with Crippen LogP contribution in [0.25, 0.3) is 0 Å². The van der Waals surface area contributed by atoms with E-state index in [2.05, 4.69) is 14.2 Å². The molecule has 2 aromatic carbocycles. The fourth-order valence-electron chi connectivity index (χ4n) is 3.29. The summed E-state index contributed by atoms with van der Waals surface area (Å²) in [6.07, 6.45) is 0. The van der Waals surface area contributed by atoms with E-state index in [1.807, 2.05) is 4.90 Å². The summed E-state index contributed by atoms with van der Waals surface area (Å²) in [4.78, 5) is 37.3. The minimum Gasteiger partial charge on any atom is -0.478 e. The van der Waals surface area contributed by atoms with Crippen molar-refractivity contribution in [2.75, 3.05) is 48.4 Å². The van der Waals surface area contributed by atoms with E-state index in [-0.39, 0.29) is 27.3 Å². The van der Waals surface area contributed by atoms with Gasteiger partial charge in [0.2, 0.25) is 0 Å². The lowest BCUT2D eigenvalue weighted by molar-refractivity contribution is 0.0596. The molecule has 12 heteroatoms. The third kappa shape index (κ3) is 5.57. The molecule has 33 heavy (non-hydrogen) atoms. The first-order chi connectivity index (χ1) is 15.7. The van der Waals surface area contributed by atoms with E-state index in [0.29, 0.717) is 18.8 Å². The van der Waals surface area contributed by atoms with Crippen LogP contribution in [0.15, 0.2) is 41.3 Å². The Morgan fingerprint density at radius 2 is 1.55 bits per heavy atom. The highest BCUT2D eigenvalue weighted by molar-refractivity contribution is 7.99. The molecule has 0 radical (unpaired) electrons. The molecule has 10 nitrogen and oxygen atoms in total. The van der Waals surface area contributed by atoms with Crippen molar-refractivity contribution in [2.45, 2.75) is 4.90 Å². The fourth-order valence-corrected chi connectivity index (χ4v) is 5.31. The number of sulfonamides is 1. The van der Waals surface area contributed by atoms with Gasteiger partial charge in [0.25, 0.3) is 10.0 Å². The average molecular weight is 495 g/mol. The third-order valence-corrected chi connectivity index (χ3v) is 7.19. The van der Waals surface area contributed by atoms with Crippen LogP contribution >= 0.6 is 11.8 Å². The van der Waals surface area contributed by atoms with E-state index in [0.717, 1.165) is 43.9 Å². The van der Waals surface area contributed by atoms with Crippen LogP contribution in [-0.4, -0.2) is 70.2 Å². The van der Waals surface area contributed by atoms with Gasteiger partial charge >= 0.3 is 17.9 Å². The Bertz CT molecular complexity index is 1160. The summed E-state index contributed by atoms with van der Waals surface area (Å²) in [6.45, 7) is 1.37. The predicted molar refractivity (Wildman–Crippen MR) is 123 cm³/mol. The molecule has 2 aromatic rings. The Morgan fingerprint density at radius 1 is 0.970 bits per heavy atom. The number of esters is 2. The number of carboxylic acid groups (broad SMARTS) is 1. The van der Waals surface area contributed by atoms with E-state index in [9.17, 15) is 27.9 Å². The van der Waals surface area contributed by atoms with Crippen LogP contribution in [0.5, 0.6) is 0 Å². The van der Waals surface area contributed by atoms with Crippen molar-refractivity contribution in [3.63, 3.8) is 0 Å². The van der Waals surface area contributed by atoms with Crippen molar-refractivity contribution in [1.29, 1.82) is 0 Å². The van der Waals surface area contributed by atoms with Gasteiger partial charge in [-0.1, -0.05) is 0 Å². The molecule has 0 aliphatic carbocycles. The third-order valence-electron chi connectivity index (χ3n) is 4.89. The highest BCUT2D eigenvalue weighted by Crippen LogP contribution is 2.28. The summed E-state index contributed by atoms with van der Waals surface area (Å²) in [7, 11) is -2.06. The molecule has 1 fully saturated rings. The minimum atomic E-state index is -4.30. The van der Waals surface area contributed by atoms with Gasteiger partial charge in [0.1, 0.15) is 0 Å². The van der Waals surface area contributed by atoms with Crippen LogP contribution in [0.3, 0.4) is 0 Å². The molecular weight excluding hydrogens is 472 g/mol. The maximum atomic E-state index is 13.0. The second-order valence-corrected chi connectivity index (χ2v) is 9.88. The first kappa shape index (κ1) is 24.4. The lowest BCUT2D eigenvalue weighted by atomic mass is 10.1. The number of hydrogen-bond donors (Lipinski definition) is 2. The maximum absolute atomic E-state index is 13.0. The van der Waals surface area contributed by atoms with Gasteiger partial charge in [-0.25, -0.2) is 22.8 Å². The summed E-state index contributed by atoms with van der Waals surface area (Å²) in [5, 5.41) is 9.67. The highest BCUT2D eigenvalue weighted by Gasteiger charge is 2.23.